The number of hydrogen-bond donors (Lipinski definition) is 2. The van der Waals surface area contributed by atoms with E-state index >= 15 is 0 Å². The molecule has 8 nitrogen and oxygen atoms in total. The Morgan fingerprint density at radius 1 is 1.23 bits per heavy atom. The summed E-state index contributed by atoms with van der Waals surface area (Å²) in [6, 6.07) is 5.66. The van der Waals surface area contributed by atoms with Crippen LogP contribution in [0.2, 0.25) is 0 Å². The third-order valence-electron chi connectivity index (χ3n) is 5.79. The molecular formula is C22H27N5O3. The zero-order valence-corrected chi connectivity index (χ0v) is 18.0. The monoisotopic (exact) mass is 409 g/mol. The minimum absolute atomic E-state index is 0.0784. The summed E-state index contributed by atoms with van der Waals surface area (Å²) in [5, 5.41) is 14.9. The number of carbonyl (C=O) groups is 1. The standard InChI is InChI=1S/C22H27N5O3/c1-6-27-13(3)21(12(2)26-27)17-11-18(25-24-17)22(28)23-16-8-7-14-9-19(29-4)20(30-5)10-15(14)16/h9-11,16H,6-8H2,1-5H3,(H,23,28)(H,24,25)/t16-/m1/s1. The van der Waals surface area contributed by atoms with Crippen LogP contribution in [-0.2, 0) is 13.0 Å². The molecule has 4 rings (SSSR count). The van der Waals surface area contributed by atoms with Crippen LogP contribution in [-0.4, -0.2) is 40.1 Å². The van der Waals surface area contributed by atoms with Gasteiger partial charge in [-0.2, -0.15) is 10.2 Å². The minimum atomic E-state index is -0.181. The van der Waals surface area contributed by atoms with Crippen molar-refractivity contribution in [1.82, 2.24) is 25.3 Å². The number of nitrogens with zero attached hydrogens (tertiary/aromatic N) is 3. The summed E-state index contributed by atoms with van der Waals surface area (Å²) in [7, 11) is 3.24. The number of benzene rings is 1. The van der Waals surface area contributed by atoms with Gasteiger partial charge in [0.15, 0.2) is 11.5 Å². The van der Waals surface area contributed by atoms with Crippen LogP contribution in [0.5, 0.6) is 11.5 Å². The molecule has 3 aromatic rings. The van der Waals surface area contributed by atoms with Crippen LogP contribution in [0.15, 0.2) is 18.2 Å². The van der Waals surface area contributed by atoms with E-state index in [0.29, 0.717) is 17.2 Å². The molecule has 0 aliphatic heterocycles. The molecule has 158 valence electrons. The van der Waals surface area contributed by atoms with Crippen molar-refractivity contribution in [1.29, 1.82) is 0 Å². The lowest BCUT2D eigenvalue weighted by molar-refractivity contribution is 0.0931. The van der Waals surface area contributed by atoms with Crippen molar-refractivity contribution in [3.8, 4) is 22.8 Å². The fourth-order valence-corrected chi connectivity index (χ4v) is 4.26. The first-order valence-electron chi connectivity index (χ1n) is 10.1. The van der Waals surface area contributed by atoms with E-state index in [9.17, 15) is 4.79 Å². The lowest BCUT2D eigenvalue weighted by atomic mass is 10.1. The van der Waals surface area contributed by atoms with E-state index in [1.165, 1.54) is 5.56 Å². The lowest BCUT2D eigenvalue weighted by Crippen LogP contribution is -2.27. The molecule has 0 unspecified atom stereocenters. The largest absolute Gasteiger partial charge is 0.493 e. The number of aromatic amines is 1. The van der Waals surface area contributed by atoms with Crippen molar-refractivity contribution in [2.45, 2.75) is 46.2 Å². The molecule has 1 aliphatic rings. The topological polar surface area (TPSA) is 94.1 Å². The molecule has 1 aliphatic carbocycles. The average molecular weight is 409 g/mol. The van der Waals surface area contributed by atoms with Crippen LogP contribution >= 0.6 is 0 Å². The van der Waals surface area contributed by atoms with Gasteiger partial charge in [-0.1, -0.05) is 0 Å². The molecular weight excluding hydrogens is 382 g/mol. The second-order valence-electron chi connectivity index (χ2n) is 7.50. The van der Waals surface area contributed by atoms with Gasteiger partial charge in [-0.25, -0.2) is 0 Å². The van der Waals surface area contributed by atoms with Crippen LogP contribution in [0.4, 0.5) is 0 Å². The molecule has 2 aromatic heterocycles. The highest BCUT2D eigenvalue weighted by Crippen LogP contribution is 2.39. The number of carbonyl (C=O) groups excluding carboxylic acids is 1. The van der Waals surface area contributed by atoms with Crippen molar-refractivity contribution < 1.29 is 14.3 Å². The molecule has 0 saturated carbocycles. The molecule has 0 radical (unpaired) electrons. The zero-order valence-electron chi connectivity index (χ0n) is 18.0. The van der Waals surface area contributed by atoms with E-state index in [1.54, 1.807) is 20.3 Å². The number of hydrogen-bond acceptors (Lipinski definition) is 5. The summed E-state index contributed by atoms with van der Waals surface area (Å²) in [5.74, 6) is 1.19. The number of ether oxygens (including phenoxy) is 2. The van der Waals surface area contributed by atoms with Gasteiger partial charge >= 0.3 is 0 Å². The summed E-state index contributed by atoms with van der Waals surface area (Å²) < 4.78 is 12.8. The number of fused-ring (bicyclic) bond motifs is 1. The van der Waals surface area contributed by atoms with E-state index in [-0.39, 0.29) is 11.9 Å². The summed E-state index contributed by atoms with van der Waals surface area (Å²) in [4.78, 5) is 12.9. The molecule has 0 fully saturated rings. The zero-order chi connectivity index (χ0) is 21.4. The summed E-state index contributed by atoms with van der Waals surface area (Å²) >= 11 is 0. The number of amides is 1. The molecule has 1 amide bonds. The van der Waals surface area contributed by atoms with Crippen molar-refractivity contribution >= 4 is 5.91 Å². The number of methoxy groups -OCH3 is 2. The normalized spacial score (nSPS) is 15.2. The molecule has 0 saturated heterocycles. The Hall–Kier alpha value is -3.29. The van der Waals surface area contributed by atoms with Crippen LogP contribution in [0.1, 0.15) is 52.4 Å². The molecule has 0 bridgehead atoms. The Labute approximate surface area is 175 Å². The first-order valence-corrected chi connectivity index (χ1v) is 10.1. The molecule has 1 atom stereocenters. The van der Waals surface area contributed by atoms with E-state index in [4.69, 9.17) is 9.47 Å². The SMILES string of the molecule is CCn1nc(C)c(-c2cc(C(=O)N[C@@H]3CCc4cc(OC)c(OC)cc43)[nH]n2)c1C. The summed E-state index contributed by atoms with van der Waals surface area (Å²) in [6.07, 6.45) is 1.71. The maximum absolute atomic E-state index is 12.9. The van der Waals surface area contributed by atoms with Gasteiger partial charge in [0.05, 0.1) is 31.6 Å². The average Bonchev–Trinajstić information content (AvgIpc) is 3.44. The van der Waals surface area contributed by atoms with E-state index in [0.717, 1.165) is 47.6 Å². The third-order valence-corrected chi connectivity index (χ3v) is 5.79. The predicted octanol–water partition coefficient (Wildman–Crippen LogP) is 3.34. The Morgan fingerprint density at radius 3 is 2.63 bits per heavy atom. The summed E-state index contributed by atoms with van der Waals surface area (Å²) in [5.41, 5.74) is 6.31. The number of aryl methyl sites for hydroxylation is 3. The maximum Gasteiger partial charge on any atom is 0.269 e. The molecule has 2 heterocycles. The van der Waals surface area contributed by atoms with Gasteiger partial charge in [-0.3, -0.25) is 14.6 Å². The molecule has 1 aromatic carbocycles. The van der Waals surface area contributed by atoms with Crippen LogP contribution in [0, 0.1) is 13.8 Å². The Morgan fingerprint density at radius 2 is 1.97 bits per heavy atom. The van der Waals surface area contributed by atoms with Gasteiger partial charge in [-0.05, 0) is 62.9 Å². The smallest absolute Gasteiger partial charge is 0.269 e. The van der Waals surface area contributed by atoms with Gasteiger partial charge in [0.1, 0.15) is 5.69 Å². The van der Waals surface area contributed by atoms with Crippen LogP contribution in [0.3, 0.4) is 0 Å². The highest BCUT2D eigenvalue weighted by Gasteiger charge is 2.27. The van der Waals surface area contributed by atoms with Crippen molar-refractivity contribution in [2.75, 3.05) is 14.2 Å². The van der Waals surface area contributed by atoms with Crippen LogP contribution < -0.4 is 14.8 Å². The fraction of sp³-hybridized carbons (Fsp3) is 0.409. The quantitative estimate of drug-likeness (QED) is 0.651. The van der Waals surface area contributed by atoms with E-state index in [2.05, 4.69) is 27.5 Å². The number of aromatic nitrogens is 4. The Balaban J connectivity index is 1.55. The number of rotatable bonds is 6. The second-order valence-corrected chi connectivity index (χ2v) is 7.50. The number of H-pyrrole nitrogens is 1. The molecule has 30 heavy (non-hydrogen) atoms. The third kappa shape index (κ3) is 3.32. The van der Waals surface area contributed by atoms with Crippen LogP contribution in [0.25, 0.3) is 11.3 Å². The Bertz CT molecular complexity index is 1100. The summed E-state index contributed by atoms with van der Waals surface area (Å²) in [6.45, 7) is 6.82. The highest BCUT2D eigenvalue weighted by atomic mass is 16.5. The second kappa shape index (κ2) is 7.85. The van der Waals surface area contributed by atoms with Gasteiger partial charge in [0.25, 0.3) is 5.91 Å². The molecule has 8 heteroatoms. The van der Waals surface area contributed by atoms with Gasteiger partial charge in [0.2, 0.25) is 0 Å². The molecule has 0 spiro atoms. The van der Waals surface area contributed by atoms with E-state index < -0.39 is 0 Å². The number of nitrogens with one attached hydrogen (secondary N) is 2. The predicted molar refractivity (Wildman–Crippen MR) is 113 cm³/mol. The van der Waals surface area contributed by atoms with Gasteiger partial charge < -0.3 is 14.8 Å². The van der Waals surface area contributed by atoms with E-state index in [1.807, 2.05) is 30.7 Å². The fourth-order valence-electron chi connectivity index (χ4n) is 4.26. The first kappa shape index (κ1) is 20.0. The highest BCUT2D eigenvalue weighted by molar-refractivity contribution is 5.93. The van der Waals surface area contributed by atoms with Gasteiger partial charge in [0, 0.05) is 17.8 Å². The minimum Gasteiger partial charge on any atom is -0.493 e. The van der Waals surface area contributed by atoms with Crippen molar-refractivity contribution in [3.63, 3.8) is 0 Å². The first-order chi connectivity index (χ1) is 14.5. The maximum atomic E-state index is 12.9. The van der Waals surface area contributed by atoms with Crippen molar-refractivity contribution in [3.05, 3.63) is 46.4 Å². The van der Waals surface area contributed by atoms with Crippen molar-refractivity contribution in [2.24, 2.45) is 0 Å². The lowest BCUT2D eigenvalue weighted by Gasteiger charge is -2.15. The Kier molecular flexibility index (Phi) is 5.24. The van der Waals surface area contributed by atoms with Gasteiger partial charge in [-0.15, -0.1) is 0 Å². The molecule has 2 N–H and O–H groups in total.